The molecule has 0 bridgehead atoms. The molecule has 18 heavy (non-hydrogen) atoms. The first-order chi connectivity index (χ1) is 8.63. The van der Waals surface area contributed by atoms with Crippen LogP contribution in [0, 0.1) is 0 Å². The van der Waals surface area contributed by atoms with Crippen LogP contribution in [0.25, 0.3) is 0 Å². The number of hydrogen-bond donors (Lipinski definition) is 0. The van der Waals surface area contributed by atoms with Gasteiger partial charge < -0.3 is 19.1 Å². The predicted molar refractivity (Wildman–Crippen MR) is 73.3 cm³/mol. The molecule has 0 aliphatic rings. The first kappa shape index (κ1) is 14.8. The Kier molecular flexibility index (Phi) is 5.95. The molecule has 0 atom stereocenters. The van der Waals surface area contributed by atoms with E-state index < -0.39 is 0 Å². The molecular weight excluding hydrogens is 230 g/mol. The number of nitrogens with zero attached hydrogens (tertiary/aromatic N) is 1. The second-order valence-electron chi connectivity index (χ2n) is 4.06. The van der Waals surface area contributed by atoms with Crippen LogP contribution in [0.4, 0.5) is 5.69 Å². The molecular formula is C14H23NO3. The minimum absolute atomic E-state index is 0.369. The van der Waals surface area contributed by atoms with Gasteiger partial charge in [-0.3, -0.25) is 0 Å². The normalized spacial score (nSPS) is 10.8. The van der Waals surface area contributed by atoms with Crippen molar-refractivity contribution in [3.05, 3.63) is 23.8 Å². The molecule has 0 saturated carbocycles. The Hall–Kier alpha value is -1.26. The van der Waals surface area contributed by atoms with Gasteiger partial charge in [0.25, 0.3) is 0 Å². The largest absolute Gasteiger partial charge is 0.496 e. The maximum Gasteiger partial charge on any atom is 0.187 e. The molecule has 0 aliphatic heterocycles. The molecule has 0 saturated heterocycles. The van der Waals surface area contributed by atoms with Crippen LogP contribution in [0.1, 0.15) is 25.7 Å². The maximum absolute atomic E-state index is 5.60. The second-order valence-corrected chi connectivity index (χ2v) is 4.06. The van der Waals surface area contributed by atoms with Crippen molar-refractivity contribution < 1.29 is 14.2 Å². The van der Waals surface area contributed by atoms with Crippen molar-refractivity contribution in [1.29, 1.82) is 0 Å². The molecule has 0 N–H and O–H groups in total. The fraction of sp³-hybridized carbons (Fsp3) is 0.571. The third kappa shape index (κ3) is 3.62. The molecule has 1 aromatic rings. The summed E-state index contributed by atoms with van der Waals surface area (Å²) in [5, 5.41) is 0. The van der Waals surface area contributed by atoms with Gasteiger partial charge in [0.1, 0.15) is 5.75 Å². The van der Waals surface area contributed by atoms with Crippen LogP contribution in [0.3, 0.4) is 0 Å². The number of ether oxygens (including phenoxy) is 3. The summed E-state index contributed by atoms with van der Waals surface area (Å²) < 4.78 is 16.6. The first-order valence-corrected chi connectivity index (χ1v) is 6.22. The standard InChI is InChI=1S/C14H23NO3/c1-6-17-14(18-7-2)12-9-8-11(15(3)4)10-13(12)16-5/h8-10,14H,6-7H2,1-5H3. The summed E-state index contributed by atoms with van der Waals surface area (Å²) in [7, 11) is 5.65. The summed E-state index contributed by atoms with van der Waals surface area (Å²) in [6.45, 7) is 5.10. The van der Waals surface area contributed by atoms with E-state index in [2.05, 4.69) is 0 Å². The Bertz CT molecular complexity index is 360. The number of hydrogen-bond acceptors (Lipinski definition) is 4. The third-order valence-electron chi connectivity index (χ3n) is 2.62. The van der Waals surface area contributed by atoms with E-state index in [1.165, 1.54) is 0 Å². The summed E-state index contributed by atoms with van der Waals surface area (Å²) >= 11 is 0. The van der Waals surface area contributed by atoms with Crippen LogP contribution in [0.15, 0.2) is 18.2 Å². The van der Waals surface area contributed by atoms with Crippen molar-refractivity contribution in [2.24, 2.45) is 0 Å². The van der Waals surface area contributed by atoms with Crippen molar-refractivity contribution in [2.75, 3.05) is 39.3 Å². The van der Waals surface area contributed by atoms with Gasteiger partial charge >= 0.3 is 0 Å². The fourth-order valence-electron chi connectivity index (χ4n) is 1.70. The summed E-state index contributed by atoms with van der Waals surface area (Å²) in [6, 6.07) is 6.01. The van der Waals surface area contributed by atoms with Gasteiger partial charge in [0.15, 0.2) is 6.29 Å². The molecule has 0 aromatic heterocycles. The van der Waals surface area contributed by atoms with Crippen molar-refractivity contribution in [2.45, 2.75) is 20.1 Å². The van der Waals surface area contributed by atoms with Gasteiger partial charge in [-0.05, 0) is 26.0 Å². The predicted octanol–water partition coefficient (Wildman–Crippen LogP) is 2.83. The highest BCUT2D eigenvalue weighted by atomic mass is 16.7. The summed E-state index contributed by atoms with van der Waals surface area (Å²) in [5.41, 5.74) is 2.01. The van der Waals surface area contributed by atoms with Crippen molar-refractivity contribution >= 4 is 5.69 Å². The molecule has 1 rings (SSSR count). The van der Waals surface area contributed by atoms with Crippen molar-refractivity contribution in [1.82, 2.24) is 0 Å². The monoisotopic (exact) mass is 253 g/mol. The average molecular weight is 253 g/mol. The van der Waals surface area contributed by atoms with Gasteiger partial charge in [0.2, 0.25) is 0 Å². The number of anilines is 1. The highest BCUT2D eigenvalue weighted by Crippen LogP contribution is 2.31. The minimum Gasteiger partial charge on any atom is -0.496 e. The molecule has 0 heterocycles. The zero-order chi connectivity index (χ0) is 13.5. The molecule has 0 unspecified atom stereocenters. The van der Waals surface area contributed by atoms with E-state index >= 15 is 0 Å². The van der Waals surface area contributed by atoms with Gasteiger partial charge in [-0.25, -0.2) is 0 Å². The summed E-state index contributed by atoms with van der Waals surface area (Å²) in [5.74, 6) is 0.785. The molecule has 0 aliphatic carbocycles. The molecule has 0 fully saturated rings. The van der Waals surface area contributed by atoms with E-state index in [4.69, 9.17) is 14.2 Å². The Balaban J connectivity index is 3.05. The molecule has 4 nitrogen and oxygen atoms in total. The van der Waals surface area contributed by atoms with Gasteiger partial charge in [-0.1, -0.05) is 0 Å². The zero-order valence-electron chi connectivity index (χ0n) is 11.9. The van der Waals surface area contributed by atoms with Gasteiger partial charge in [0, 0.05) is 44.6 Å². The summed E-state index contributed by atoms with van der Waals surface area (Å²) in [6.07, 6.45) is -0.369. The van der Waals surface area contributed by atoms with Gasteiger partial charge in [0.05, 0.1) is 7.11 Å². The lowest BCUT2D eigenvalue weighted by molar-refractivity contribution is -0.141. The number of benzene rings is 1. The molecule has 0 radical (unpaired) electrons. The third-order valence-corrected chi connectivity index (χ3v) is 2.62. The maximum atomic E-state index is 5.60. The lowest BCUT2D eigenvalue weighted by Crippen LogP contribution is -2.12. The minimum atomic E-state index is -0.369. The van der Waals surface area contributed by atoms with E-state index in [1.54, 1.807) is 7.11 Å². The SMILES string of the molecule is CCOC(OCC)c1ccc(N(C)C)cc1OC. The van der Waals surface area contributed by atoms with Crippen LogP contribution in [0.2, 0.25) is 0 Å². The molecule has 102 valence electrons. The quantitative estimate of drug-likeness (QED) is 0.699. The average Bonchev–Trinajstić information content (AvgIpc) is 2.37. The molecule has 0 spiro atoms. The van der Waals surface area contributed by atoms with Crippen molar-refractivity contribution in [3.63, 3.8) is 0 Å². The van der Waals surface area contributed by atoms with Crippen LogP contribution >= 0.6 is 0 Å². The zero-order valence-corrected chi connectivity index (χ0v) is 11.9. The lowest BCUT2D eigenvalue weighted by Gasteiger charge is -2.21. The molecule has 1 aromatic carbocycles. The fourth-order valence-corrected chi connectivity index (χ4v) is 1.70. The highest BCUT2D eigenvalue weighted by molar-refractivity contribution is 5.53. The smallest absolute Gasteiger partial charge is 0.187 e. The van der Waals surface area contributed by atoms with E-state index in [-0.39, 0.29) is 6.29 Å². The lowest BCUT2D eigenvalue weighted by atomic mass is 10.1. The molecule has 4 heteroatoms. The Morgan fingerprint density at radius 2 is 1.72 bits per heavy atom. The first-order valence-electron chi connectivity index (χ1n) is 6.22. The van der Waals surface area contributed by atoms with Gasteiger partial charge in [-0.2, -0.15) is 0 Å². The highest BCUT2D eigenvalue weighted by Gasteiger charge is 2.17. The van der Waals surface area contributed by atoms with E-state index in [0.717, 1.165) is 17.0 Å². The van der Waals surface area contributed by atoms with Gasteiger partial charge in [-0.15, -0.1) is 0 Å². The Morgan fingerprint density at radius 3 is 2.17 bits per heavy atom. The van der Waals surface area contributed by atoms with E-state index in [0.29, 0.717) is 13.2 Å². The number of methoxy groups -OCH3 is 1. The van der Waals surface area contributed by atoms with Crippen LogP contribution < -0.4 is 9.64 Å². The van der Waals surface area contributed by atoms with Crippen LogP contribution in [-0.4, -0.2) is 34.4 Å². The Morgan fingerprint density at radius 1 is 1.11 bits per heavy atom. The second kappa shape index (κ2) is 7.24. The van der Waals surface area contributed by atoms with Crippen molar-refractivity contribution in [3.8, 4) is 5.75 Å². The Labute approximate surface area is 109 Å². The molecule has 0 amide bonds. The topological polar surface area (TPSA) is 30.9 Å². The van der Waals surface area contributed by atoms with Crippen LogP contribution in [0.5, 0.6) is 5.75 Å². The van der Waals surface area contributed by atoms with Crippen LogP contribution in [-0.2, 0) is 9.47 Å². The number of rotatable bonds is 7. The van der Waals surface area contributed by atoms with E-state index in [9.17, 15) is 0 Å². The summed E-state index contributed by atoms with van der Waals surface area (Å²) in [4.78, 5) is 2.03. The van der Waals surface area contributed by atoms with E-state index in [1.807, 2.05) is 51.0 Å².